The van der Waals surface area contributed by atoms with Crippen molar-refractivity contribution in [3.63, 3.8) is 0 Å². The third kappa shape index (κ3) is 37.0. The van der Waals surface area contributed by atoms with Crippen molar-refractivity contribution in [1.29, 1.82) is 0 Å². The number of hydrogen-bond acceptors (Lipinski definition) is 18. The van der Waals surface area contributed by atoms with Gasteiger partial charge >= 0.3 is 107 Å². The van der Waals surface area contributed by atoms with E-state index in [-0.39, 0.29) is 74.2 Å². The summed E-state index contributed by atoms with van der Waals surface area (Å²) in [6.45, 7) is 0. The van der Waals surface area contributed by atoms with Crippen molar-refractivity contribution in [2.45, 2.75) is 33.0 Å². The maximum Gasteiger partial charge on any atom is 3.00 e. The van der Waals surface area contributed by atoms with Gasteiger partial charge in [-0.05, 0) is 0 Å². The number of halogens is 18. The van der Waals surface area contributed by atoms with Gasteiger partial charge in [0, 0.05) is 0 Å². The minimum absolute atomic E-state index is 0. The second-order valence-electron chi connectivity index (χ2n) is 5.40. The molecular weight excluding hydrogens is 1230 g/mol. The second-order valence-corrected chi connectivity index (χ2v) is 13.6. The van der Waals surface area contributed by atoms with Crippen LogP contribution in [0.3, 0.4) is 0 Å². The maximum atomic E-state index is 10.7. The van der Waals surface area contributed by atoms with Crippen LogP contribution in [0.2, 0.25) is 0 Å². The predicted octanol–water partition coefficient (Wildman–Crippen LogP) is 0.308. The zero-order valence-corrected chi connectivity index (χ0v) is 28.7. The van der Waals surface area contributed by atoms with Gasteiger partial charge in [-0.1, -0.05) is 0 Å². The summed E-state index contributed by atoms with van der Waals surface area (Å²) in [5, 5.41) is 0. The van der Waals surface area contributed by atoms with Crippen molar-refractivity contribution in [1.82, 2.24) is 0 Å². The fourth-order valence-corrected chi connectivity index (χ4v) is 0. The normalized spacial score (nSPS) is 13.4. The Morgan fingerprint density at radius 2 is 0.260 bits per heavy atom. The first-order chi connectivity index (χ1) is 19.5. The molecule has 0 fully saturated rings. The Kier molecular flexibility index (Phi) is 30.6. The summed E-state index contributed by atoms with van der Waals surface area (Å²) in [5.41, 5.74) is -33.9. The number of rotatable bonds is 0. The van der Waals surface area contributed by atoms with Gasteiger partial charge in [0.05, 0.1) is 0 Å². The average Bonchev–Trinajstić information content (AvgIpc) is 2.60. The summed E-state index contributed by atoms with van der Waals surface area (Å²) < 4.78 is 353. The van der Waals surface area contributed by atoms with Crippen LogP contribution in [0.15, 0.2) is 0 Å². The Morgan fingerprint density at radius 3 is 0.260 bits per heavy atom. The Morgan fingerprint density at radius 1 is 0.240 bits per heavy atom. The van der Waals surface area contributed by atoms with Gasteiger partial charge in [0.2, 0.25) is 0 Å². The van der Waals surface area contributed by atoms with Gasteiger partial charge in [0.25, 0.3) is 0 Å². The Balaban J connectivity index is -0.0000000700. The van der Waals surface area contributed by atoms with E-state index in [1.807, 2.05) is 0 Å². The van der Waals surface area contributed by atoms with E-state index >= 15 is 0 Å². The maximum absolute atomic E-state index is 10.7. The van der Waals surface area contributed by atoms with Crippen molar-refractivity contribution in [2.75, 3.05) is 0 Å². The summed E-state index contributed by atoms with van der Waals surface area (Å²) in [4.78, 5) is 0. The molecule has 0 atom stereocenters. The van der Waals surface area contributed by atoms with E-state index in [2.05, 4.69) is 0 Å². The monoisotopic (exact) mass is 1230 g/mol. The fourth-order valence-electron chi connectivity index (χ4n) is 0. The Bertz CT molecular complexity index is 1320. The molecule has 0 aromatic carbocycles. The van der Waals surface area contributed by atoms with Gasteiger partial charge in [-0.3, -0.25) is 0 Å². The van der Waals surface area contributed by atoms with Gasteiger partial charge < -0.3 is 27.3 Å². The van der Waals surface area contributed by atoms with E-state index in [1.54, 1.807) is 0 Å². The van der Waals surface area contributed by atoms with Gasteiger partial charge in [0.15, 0.2) is 60.7 Å². The summed E-state index contributed by atoms with van der Waals surface area (Å²) in [6, 6.07) is 0. The summed E-state index contributed by atoms with van der Waals surface area (Å²) in [5.74, 6) is 0. The smallest absolute Gasteiger partial charge is 0.741 e. The first kappa shape index (κ1) is 68.7. The zero-order valence-electron chi connectivity index (χ0n) is 20.2. The molecule has 0 aliphatic carbocycles. The van der Waals surface area contributed by atoms with Gasteiger partial charge in [0.1, 0.15) is 0 Å². The van der Waals surface area contributed by atoms with Crippen LogP contribution >= 0.6 is 0 Å². The molecule has 0 aliphatic rings. The molecule has 0 aliphatic heterocycles. The standard InChI is InChI=1S/6CHF3O3S.Er.Tm/c6*2-1(3,4)8(5,6)7;;/h6*(H,5,6,7);;/q;;;;;;2*+3/p-6. The van der Waals surface area contributed by atoms with E-state index in [4.69, 9.17) is 77.8 Å². The second kappa shape index (κ2) is 22.3. The molecule has 0 N–H and O–H groups in total. The van der Waals surface area contributed by atoms with Crippen molar-refractivity contribution >= 4 is 60.7 Å². The van der Waals surface area contributed by atoms with Crippen molar-refractivity contribution in [3.8, 4) is 0 Å². The molecule has 0 saturated heterocycles. The molecule has 0 aromatic heterocycles. The van der Waals surface area contributed by atoms with Crippen LogP contribution in [0.1, 0.15) is 0 Å². The number of alkyl halides is 18. The topological polar surface area (TPSA) is 343 Å². The van der Waals surface area contributed by atoms with E-state index in [0.29, 0.717) is 0 Å². The SMILES string of the molecule is O=S(=O)([O-])C(F)(F)F.O=S(=O)([O-])C(F)(F)F.O=S(=O)([O-])C(F)(F)F.O=S(=O)([O-])C(F)(F)F.O=S(=O)([O-])C(F)(F)F.O=S(=O)([O-])C(F)(F)F.[Er+3].[Tm+3]. The van der Waals surface area contributed by atoms with E-state index in [0.717, 1.165) is 0 Å². The van der Waals surface area contributed by atoms with E-state index < -0.39 is 93.8 Å². The molecule has 18 nitrogen and oxygen atoms in total. The molecule has 0 unspecified atom stereocenters. The van der Waals surface area contributed by atoms with Crippen molar-refractivity contribution < 1.29 is 231 Å². The van der Waals surface area contributed by atoms with Crippen LogP contribution in [0.4, 0.5) is 79.0 Å². The first-order valence-electron chi connectivity index (χ1n) is 7.63. The molecule has 0 amide bonds. The van der Waals surface area contributed by atoms with Crippen LogP contribution < -0.4 is 0 Å². The Labute approximate surface area is 321 Å². The molecule has 50 heavy (non-hydrogen) atoms. The molecule has 44 heteroatoms. The molecule has 0 rings (SSSR count). The van der Waals surface area contributed by atoms with Crippen LogP contribution in [-0.4, -0.2) is 111 Å². The minimum Gasteiger partial charge on any atom is -0.741 e. The predicted molar refractivity (Wildman–Crippen MR) is 94.5 cm³/mol. The molecule has 0 heterocycles. The molecule has 1 radical (unpaired) electrons. The minimum atomic E-state index is -6.09. The third-order valence-corrected chi connectivity index (χ3v) is 5.10. The number of hydrogen-bond donors (Lipinski definition) is 0. The molecule has 0 bridgehead atoms. The van der Waals surface area contributed by atoms with Crippen LogP contribution in [0, 0.1) is 74.2 Å². The molecular formula is C6ErF18O18S6Tm. The van der Waals surface area contributed by atoms with Crippen LogP contribution in [0.5, 0.6) is 0 Å². The zero-order chi connectivity index (χ0) is 42.0. The molecule has 0 spiro atoms. The summed E-state index contributed by atoms with van der Waals surface area (Å²) >= 11 is 0. The third-order valence-electron chi connectivity index (χ3n) is 1.70. The van der Waals surface area contributed by atoms with Gasteiger partial charge in [-0.25, -0.2) is 50.5 Å². The average molecular weight is 1230 g/mol. The van der Waals surface area contributed by atoms with Gasteiger partial charge in [-0.2, -0.15) is 79.0 Å². The van der Waals surface area contributed by atoms with E-state index in [1.165, 1.54) is 0 Å². The quantitative estimate of drug-likeness (QED) is 0.179. The van der Waals surface area contributed by atoms with Crippen LogP contribution in [-0.2, 0) is 60.7 Å². The van der Waals surface area contributed by atoms with Crippen molar-refractivity contribution in [2.24, 2.45) is 0 Å². The summed E-state index contributed by atoms with van der Waals surface area (Å²) in [6.07, 6.45) is 0. The summed E-state index contributed by atoms with van der Waals surface area (Å²) in [7, 11) is -36.5. The molecule has 0 aromatic rings. The Hall–Kier alpha value is 0.681. The molecule has 0 saturated carbocycles. The first-order valence-corrected chi connectivity index (χ1v) is 16.1. The van der Waals surface area contributed by atoms with Crippen molar-refractivity contribution in [3.05, 3.63) is 0 Å². The largest absolute Gasteiger partial charge is 3.00 e. The van der Waals surface area contributed by atoms with Gasteiger partial charge in [-0.15, -0.1) is 0 Å². The van der Waals surface area contributed by atoms with E-state index in [9.17, 15) is 79.0 Å². The van der Waals surface area contributed by atoms with Crippen LogP contribution in [0.25, 0.3) is 0 Å². The molecule has 319 valence electrons. The fraction of sp³-hybridized carbons (Fsp3) is 1.00.